The van der Waals surface area contributed by atoms with E-state index in [1.807, 2.05) is 12.1 Å². The van der Waals surface area contributed by atoms with Gasteiger partial charge in [-0.25, -0.2) is 8.42 Å². The topological polar surface area (TPSA) is 34.1 Å². The summed E-state index contributed by atoms with van der Waals surface area (Å²) >= 11 is 0. The number of sulfone groups is 1. The molecule has 0 N–H and O–H groups in total. The fraction of sp³-hybridized carbons (Fsp3) is 0.400. The van der Waals surface area contributed by atoms with Crippen LogP contribution in [0.5, 0.6) is 0 Å². The van der Waals surface area contributed by atoms with Gasteiger partial charge in [-0.05, 0) is 31.4 Å². The Morgan fingerprint density at radius 1 is 1.31 bits per heavy atom. The molecule has 1 aliphatic heterocycles. The van der Waals surface area contributed by atoms with E-state index in [1.54, 1.807) is 19.1 Å². The van der Waals surface area contributed by atoms with E-state index < -0.39 is 9.84 Å². The molecule has 0 spiro atoms. The molecule has 2 rings (SSSR count). The van der Waals surface area contributed by atoms with E-state index in [2.05, 4.69) is 0 Å². The van der Waals surface area contributed by atoms with Gasteiger partial charge in [0.1, 0.15) is 0 Å². The number of rotatable bonds is 0. The zero-order valence-corrected chi connectivity index (χ0v) is 8.34. The molecule has 2 nitrogen and oxygen atoms in total. The second kappa shape index (κ2) is 2.84. The average Bonchev–Trinajstić information content (AvgIpc) is 2.13. The van der Waals surface area contributed by atoms with E-state index >= 15 is 0 Å². The largest absolute Gasteiger partial charge is 0.223 e. The molecule has 1 aromatic carbocycles. The molecule has 0 radical (unpaired) electrons. The highest BCUT2D eigenvalue weighted by molar-refractivity contribution is 7.92. The lowest BCUT2D eigenvalue weighted by molar-refractivity contribution is 0.567. The molecule has 0 bridgehead atoms. The quantitative estimate of drug-likeness (QED) is 0.634. The van der Waals surface area contributed by atoms with Gasteiger partial charge in [-0.1, -0.05) is 18.2 Å². The van der Waals surface area contributed by atoms with Crippen molar-refractivity contribution in [2.24, 2.45) is 0 Å². The fourth-order valence-electron chi connectivity index (χ4n) is 1.72. The van der Waals surface area contributed by atoms with Crippen molar-refractivity contribution in [1.29, 1.82) is 0 Å². The smallest absolute Gasteiger partial charge is 0.181 e. The van der Waals surface area contributed by atoms with Gasteiger partial charge in [0.25, 0.3) is 0 Å². The third-order valence-corrected chi connectivity index (χ3v) is 4.94. The summed E-state index contributed by atoms with van der Waals surface area (Å²) < 4.78 is 23.6. The van der Waals surface area contributed by atoms with Crippen LogP contribution < -0.4 is 0 Å². The third kappa shape index (κ3) is 1.27. The lowest BCUT2D eigenvalue weighted by atomic mass is 10.1. The molecule has 3 heteroatoms. The fourth-order valence-corrected chi connectivity index (χ4v) is 3.38. The first-order chi connectivity index (χ1) is 6.12. The van der Waals surface area contributed by atoms with Crippen molar-refractivity contribution in [3.05, 3.63) is 29.8 Å². The Labute approximate surface area is 78.5 Å². The summed E-state index contributed by atoms with van der Waals surface area (Å²) in [6, 6.07) is 7.29. The first kappa shape index (κ1) is 8.75. The van der Waals surface area contributed by atoms with Gasteiger partial charge in [-0.2, -0.15) is 0 Å². The summed E-state index contributed by atoms with van der Waals surface area (Å²) in [4.78, 5) is 0.536. The third-order valence-electron chi connectivity index (χ3n) is 2.63. The van der Waals surface area contributed by atoms with E-state index in [1.165, 1.54) is 0 Å². The van der Waals surface area contributed by atoms with E-state index in [9.17, 15) is 8.42 Å². The molecule has 1 unspecified atom stereocenters. The van der Waals surface area contributed by atoms with E-state index in [4.69, 9.17) is 0 Å². The Morgan fingerprint density at radius 2 is 2.00 bits per heavy atom. The van der Waals surface area contributed by atoms with Crippen molar-refractivity contribution in [3.8, 4) is 0 Å². The summed E-state index contributed by atoms with van der Waals surface area (Å²) in [5.41, 5.74) is 0.973. The molecule has 1 aliphatic rings. The molecule has 13 heavy (non-hydrogen) atoms. The number of fused-ring (bicyclic) bond motifs is 1. The Hall–Kier alpha value is -0.830. The van der Waals surface area contributed by atoms with Crippen LogP contribution in [0.2, 0.25) is 0 Å². The van der Waals surface area contributed by atoms with Gasteiger partial charge in [0.05, 0.1) is 10.1 Å². The predicted octanol–water partition coefficient (Wildman–Crippen LogP) is 1.80. The molecule has 70 valence electrons. The van der Waals surface area contributed by atoms with Crippen LogP contribution in [0.25, 0.3) is 0 Å². The van der Waals surface area contributed by atoms with Gasteiger partial charge in [0, 0.05) is 0 Å². The molecule has 0 saturated carbocycles. The lowest BCUT2D eigenvalue weighted by Gasteiger charge is -2.21. The highest BCUT2D eigenvalue weighted by Gasteiger charge is 2.29. The maximum absolute atomic E-state index is 11.8. The maximum atomic E-state index is 11.8. The van der Waals surface area contributed by atoms with Crippen molar-refractivity contribution in [3.63, 3.8) is 0 Å². The maximum Gasteiger partial charge on any atom is 0.181 e. The number of aryl methyl sites for hydroxylation is 1. The molecule has 0 aromatic heterocycles. The van der Waals surface area contributed by atoms with E-state index in [0.717, 1.165) is 18.4 Å². The summed E-state index contributed by atoms with van der Waals surface area (Å²) in [5, 5.41) is -0.220. The normalized spacial score (nSPS) is 25.2. The second-order valence-corrected chi connectivity index (χ2v) is 5.84. The zero-order chi connectivity index (χ0) is 9.47. The van der Waals surface area contributed by atoms with Gasteiger partial charge >= 0.3 is 0 Å². The zero-order valence-electron chi connectivity index (χ0n) is 7.53. The Bertz CT molecular complexity index is 420. The van der Waals surface area contributed by atoms with Crippen molar-refractivity contribution < 1.29 is 8.42 Å². The van der Waals surface area contributed by atoms with Gasteiger partial charge in [0.15, 0.2) is 9.84 Å². The molecule has 0 fully saturated rings. The monoisotopic (exact) mass is 196 g/mol. The van der Waals surface area contributed by atoms with Crippen LogP contribution in [0.4, 0.5) is 0 Å². The predicted molar refractivity (Wildman–Crippen MR) is 51.4 cm³/mol. The summed E-state index contributed by atoms with van der Waals surface area (Å²) in [6.45, 7) is 1.78. The van der Waals surface area contributed by atoms with Gasteiger partial charge < -0.3 is 0 Å². The van der Waals surface area contributed by atoms with Crippen LogP contribution >= 0.6 is 0 Å². The van der Waals surface area contributed by atoms with Crippen molar-refractivity contribution >= 4 is 9.84 Å². The Kier molecular flexibility index (Phi) is 1.91. The van der Waals surface area contributed by atoms with Crippen LogP contribution in [0.3, 0.4) is 0 Å². The van der Waals surface area contributed by atoms with Crippen LogP contribution in [-0.4, -0.2) is 13.7 Å². The van der Waals surface area contributed by atoms with Crippen molar-refractivity contribution in [2.45, 2.75) is 29.9 Å². The molecule has 0 saturated heterocycles. The first-order valence-electron chi connectivity index (χ1n) is 4.44. The standard InChI is InChI=1S/C10H12O2S/c1-8-6-7-9-4-2-3-5-10(9)13(8,11)12/h2-5,8H,6-7H2,1H3. The summed E-state index contributed by atoms with van der Waals surface area (Å²) in [5.74, 6) is 0. The van der Waals surface area contributed by atoms with Crippen LogP contribution in [0.1, 0.15) is 18.9 Å². The minimum Gasteiger partial charge on any atom is -0.223 e. The lowest BCUT2D eigenvalue weighted by Crippen LogP contribution is -2.24. The van der Waals surface area contributed by atoms with Crippen molar-refractivity contribution in [1.82, 2.24) is 0 Å². The Balaban J connectivity index is 2.66. The number of hydrogen-bond donors (Lipinski definition) is 0. The number of hydrogen-bond acceptors (Lipinski definition) is 2. The van der Waals surface area contributed by atoms with E-state index in [0.29, 0.717) is 4.90 Å². The molecule has 1 heterocycles. The Morgan fingerprint density at radius 3 is 2.77 bits per heavy atom. The van der Waals surface area contributed by atoms with Gasteiger partial charge in [-0.15, -0.1) is 0 Å². The molecular weight excluding hydrogens is 184 g/mol. The first-order valence-corrected chi connectivity index (χ1v) is 5.99. The minimum absolute atomic E-state index is 0.220. The van der Waals surface area contributed by atoms with Crippen molar-refractivity contribution in [2.75, 3.05) is 0 Å². The second-order valence-electron chi connectivity index (χ2n) is 3.50. The average molecular weight is 196 g/mol. The molecule has 1 atom stereocenters. The van der Waals surface area contributed by atoms with Crippen LogP contribution in [0.15, 0.2) is 29.2 Å². The minimum atomic E-state index is -3.02. The highest BCUT2D eigenvalue weighted by atomic mass is 32.2. The van der Waals surface area contributed by atoms with Crippen LogP contribution in [-0.2, 0) is 16.3 Å². The molecule has 1 aromatic rings. The summed E-state index contributed by atoms with van der Waals surface area (Å²) in [6.07, 6.45) is 1.63. The van der Waals surface area contributed by atoms with Gasteiger partial charge in [-0.3, -0.25) is 0 Å². The molecule has 0 aliphatic carbocycles. The highest BCUT2D eigenvalue weighted by Crippen LogP contribution is 2.28. The SMILES string of the molecule is CC1CCc2ccccc2S1(=O)=O. The van der Waals surface area contributed by atoms with Crippen LogP contribution in [0, 0.1) is 0 Å². The summed E-state index contributed by atoms with van der Waals surface area (Å²) in [7, 11) is -3.02. The molecule has 0 amide bonds. The number of benzene rings is 1. The van der Waals surface area contributed by atoms with Gasteiger partial charge in [0.2, 0.25) is 0 Å². The van der Waals surface area contributed by atoms with E-state index in [-0.39, 0.29) is 5.25 Å². The molecular formula is C10H12O2S.